The number of hydrogen-bond acceptors (Lipinski definition) is 5. The van der Waals surface area contributed by atoms with Gasteiger partial charge in [-0.25, -0.2) is 0 Å². The lowest BCUT2D eigenvalue weighted by Gasteiger charge is -2.25. The van der Waals surface area contributed by atoms with E-state index >= 15 is 0 Å². The molecule has 1 saturated carbocycles. The van der Waals surface area contributed by atoms with E-state index in [2.05, 4.69) is 14.8 Å². The van der Waals surface area contributed by atoms with Crippen LogP contribution in [0.1, 0.15) is 38.1 Å². The number of carboxylic acids is 1. The van der Waals surface area contributed by atoms with Crippen LogP contribution in [0.15, 0.2) is 22.7 Å². The van der Waals surface area contributed by atoms with Crippen LogP contribution in [-0.4, -0.2) is 31.6 Å². The van der Waals surface area contributed by atoms with E-state index in [1.54, 1.807) is 11.3 Å². The summed E-state index contributed by atoms with van der Waals surface area (Å²) in [6.07, 6.45) is 5.96. The lowest BCUT2D eigenvalue weighted by molar-refractivity contribution is -0.133. The molecule has 21 heavy (non-hydrogen) atoms. The van der Waals surface area contributed by atoms with Gasteiger partial charge in [0.05, 0.1) is 10.6 Å². The van der Waals surface area contributed by atoms with Crippen molar-refractivity contribution in [3.8, 4) is 10.7 Å². The fraction of sp³-hybridized carbons (Fsp3) is 0.500. The molecule has 0 unspecified atom stereocenters. The highest BCUT2D eigenvalue weighted by atomic mass is 32.2. The topological polar surface area (TPSA) is 68.0 Å². The van der Waals surface area contributed by atoms with Gasteiger partial charge in [0.2, 0.25) is 0 Å². The van der Waals surface area contributed by atoms with E-state index < -0.39 is 5.97 Å². The molecule has 0 radical (unpaired) electrons. The number of hydrogen-bond donors (Lipinski definition) is 1. The molecule has 0 spiro atoms. The summed E-state index contributed by atoms with van der Waals surface area (Å²) in [5, 5.41) is 20.2. The number of rotatable bonds is 5. The Balaban J connectivity index is 1.94. The third-order valence-corrected chi connectivity index (χ3v) is 5.46. The molecule has 3 rings (SSSR count). The Kier molecular flexibility index (Phi) is 4.60. The molecule has 2 aromatic heterocycles. The molecular formula is C14H17N3O2S2. The van der Waals surface area contributed by atoms with Gasteiger partial charge in [-0.2, -0.15) is 0 Å². The van der Waals surface area contributed by atoms with Gasteiger partial charge in [-0.15, -0.1) is 21.5 Å². The van der Waals surface area contributed by atoms with E-state index in [0.717, 1.165) is 28.7 Å². The van der Waals surface area contributed by atoms with Gasteiger partial charge in [-0.05, 0) is 24.3 Å². The molecule has 0 amide bonds. The minimum Gasteiger partial charge on any atom is -0.481 e. The molecule has 0 atom stereocenters. The minimum atomic E-state index is -0.823. The molecule has 1 fully saturated rings. The minimum absolute atomic E-state index is 0.0231. The summed E-state index contributed by atoms with van der Waals surface area (Å²) in [6.45, 7) is 0. The number of nitrogens with zero attached hydrogens (tertiary/aromatic N) is 3. The molecule has 2 heterocycles. The van der Waals surface area contributed by atoms with Gasteiger partial charge >= 0.3 is 5.97 Å². The van der Waals surface area contributed by atoms with E-state index in [1.807, 2.05) is 17.5 Å². The molecular weight excluding hydrogens is 306 g/mol. The van der Waals surface area contributed by atoms with Crippen LogP contribution in [0.5, 0.6) is 0 Å². The smallest absolute Gasteiger partial charge is 0.313 e. The lowest BCUT2D eigenvalue weighted by Crippen LogP contribution is -2.15. The van der Waals surface area contributed by atoms with Crippen LogP contribution in [0.25, 0.3) is 10.7 Å². The van der Waals surface area contributed by atoms with Crippen molar-refractivity contribution in [2.45, 2.75) is 43.3 Å². The van der Waals surface area contributed by atoms with Gasteiger partial charge in [0.25, 0.3) is 0 Å². The van der Waals surface area contributed by atoms with E-state index in [1.165, 1.54) is 31.0 Å². The fourth-order valence-electron chi connectivity index (χ4n) is 2.74. The average molecular weight is 323 g/mol. The van der Waals surface area contributed by atoms with Crippen LogP contribution < -0.4 is 0 Å². The third kappa shape index (κ3) is 3.29. The van der Waals surface area contributed by atoms with Gasteiger partial charge < -0.3 is 5.11 Å². The molecule has 2 aromatic rings. The summed E-state index contributed by atoms with van der Waals surface area (Å²) < 4.78 is 2.17. The Bertz CT molecular complexity index is 604. The maximum Gasteiger partial charge on any atom is 0.313 e. The average Bonchev–Trinajstić information content (AvgIpc) is 3.15. The first-order valence-corrected chi connectivity index (χ1v) is 8.95. The van der Waals surface area contributed by atoms with Crippen LogP contribution in [-0.2, 0) is 4.79 Å². The summed E-state index contributed by atoms with van der Waals surface area (Å²) in [6, 6.07) is 4.44. The van der Waals surface area contributed by atoms with Crippen molar-refractivity contribution in [3.05, 3.63) is 17.5 Å². The molecule has 7 heteroatoms. The van der Waals surface area contributed by atoms with Crippen LogP contribution in [0, 0.1) is 0 Å². The lowest BCUT2D eigenvalue weighted by atomic mass is 9.95. The zero-order chi connectivity index (χ0) is 14.7. The van der Waals surface area contributed by atoms with Crippen LogP contribution in [0.3, 0.4) is 0 Å². The Morgan fingerprint density at radius 3 is 2.86 bits per heavy atom. The van der Waals surface area contributed by atoms with E-state index in [0.29, 0.717) is 6.04 Å². The molecule has 1 aliphatic carbocycles. The van der Waals surface area contributed by atoms with Crippen molar-refractivity contribution in [1.29, 1.82) is 0 Å². The Labute approximate surface area is 131 Å². The Hall–Kier alpha value is -1.34. The second-order valence-electron chi connectivity index (χ2n) is 5.13. The molecule has 5 nitrogen and oxygen atoms in total. The predicted octanol–water partition coefficient (Wildman–Crippen LogP) is 3.69. The number of carbonyl (C=O) groups is 1. The van der Waals surface area contributed by atoms with Crippen LogP contribution in [0.4, 0.5) is 0 Å². The van der Waals surface area contributed by atoms with Crippen molar-refractivity contribution >= 4 is 29.1 Å². The van der Waals surface area contributed by atoms with Gasteiger partial charge in [0.15, 0.2) is 11.0 Å². The molecule has 112 valence electrons. The largest absolute Gasteiger partial charge is 0.481 e. The fourth-order valence-corrected chi connectivity index (χ4v) is 4.18. The summed E-state index contributed by atoms with van der Waals surface area (Å²) in [5.74, 6) is 0.0793. The summed E-state index contributed by atoms with van der Waals surface area (Å²) in [4.78, 5) is 11.9. The number of aromatic nitrogens is 3. The highest BCUT2D eigenvalue weighted by molar-refractivity contribution is 7.99. The van der Waals surface area contributed by atoms with Crippen molar-refractivity contribution in [3.63, 3.8) is 0 Å². The van der Waals surface area contributed by atoms with E-state index in [9.17, 15) is 4.79 Å². The second-order valence-corrected chi connectivity index (χ2v) is 7.02. The van der Waals surface area contributed by atoms with Gasteiger partial charge in [0, 0.05) is 6.04 Å². The van der Waals surface area contributed by atoms with Crippen molar-refractivity contribution in [2.75, 3.05) is 5.75 Å². The third-order valence-electron chi connectivity index (χ3n) is 3.67. The first kappa shape index (κ1) is 14.6. The van der Waals surface area contributed by atoms with E-state index in [-0.39, 0.29) is 5.75 Å². The second kappa shape index (κ2) is 6.62. The van der Waals surface area contributed by atoms with Gasteiger partial charge in [-0.3, -0.25) is 9.36 Å². The molecule has 0 bridgehead atoms. The molecule has 0 aliphatic heterocycles. The van der Waals surface area contributed by atoms with Gasteiger partial charge in [-0.1, -0.05) is 37.1 Å². The first-order chi connectivity index (χ1) is 10.3. The van der Waals surface area contributed by atoms with Crippen molar-refractivity contribution in [2.24, 2.45) is 0 Å². The van der Waals surface area contributed by atoms with Crippen molar-refractivity contribution < 1.29 is 9.90 Å². The monoisotopic (exact) mass is 323 g/mol. The van der Waals surface area contributed by atoms with Crippen LogP contribution in [0.2, 0.25) is 0 Å². The standard InChI is InChI=1S/C14H17N3O2S2/c18-12(19)9-21-14-16-15-13(11-7-4-8-20-11)17(14)10-5-2-1-3-6-10/h4,7-8,10H,1-3,5-6,9H2,(H,18,19). The number of thioether (sulfide) groups is 1. The Morgan fingerprint density at radius 2 is 2.19 bits per heavy atom. The SMILES string of the molecule is O=C(O)CSc1nnc(-c2cccs2)n1C1CCCCC1. The molecule has 0 saturated heterocycles. The quantitative estimate of drug-likeness (QED) is 0.850. The van der Waals surface area contributed by atoms with Gasteiger partial charge in [0.1, 0.15) is 0 Å². The van der Waals surface area contributed by atoms with Crippen LogP contribution >= 0.6 is 23.1 Å². The Morgan fingerprint density at radius 1 is 1.38 bits per heavy atom. The van der Waals surface area contributed by atoms with Crippen molar-refractivity contribution in [1.82, 2.24) is 14.8 Å². The zero-order valence-corrected chi connectivity index (χ0v) is 13.2. The highest BCUT2D eigenvalue weighted by Gasteiger charge is 2.24. The highest BCUT2D eigenvalue weighted by Crippen LogP contribution is 2.36. The molecule has 1 aliphatic rings. The number of aliphatic carboxylic acids is 1. The molecule has 1 N–H and O–H groups in total. The molecule has 0 aromatic carbocycles. The zero-order valence-electron chi connectivity index (χ0n) is 11.6. The number of thiophene rings is 1. The predicted molar refractivity (Wildman–Crippen MR) is 83.8 cm³/mol. The maximum atomic E-state index is 10.8. The number of carboxylic acid groups (broad SMARTS) is 1. The summed E-state index contributed by atoms with van der Waals surface area (Å²) >= 11 is 2.90. The first-order valence-electron chi connectivity index (χ1n) is 7.09. The maximum absolute atomic E-state index is 10.8. The summed E-state index contributed by atoms with van der Waals surface area (Å²) in [5.41, 5.74) is 0. The van der Waals surface area contributed by atoms with E-state index in [4.69, 9.17) is 5.11 Å². The normalized spacial score (nSPS) is 16.2. The summed E-state index contributed by atoms with van der Waals surface area (Å²) in [7, 11) is 0.